The van der Waals surface area contributed by atoms with Crippen LogP contribution in [0.15, 0.2) is 48.8 Å². The van der Waals surface area contributed by atoms with E-state index in [1.165, 1.54) is 17.7 Å². The Morgan fingerprint density at radius 3 is 2.29 bits per heavy atom. The molecule has 2 N–H and O–H groups in total. The lowest BCUT2D eigenvalue weighted by Crippen LogP contribution is -2.43. The van der Waals surface area contributed by atoms with Crippen molar-refractivity contribution in [1.82, 2.24) is 20.5 Å². The number of carbonyl (C=O) groups is 2. The molecule has 28 heavy (non-hydrogen) atoms. The highest BCUT2D eigenvalue weighted by Gasteiger charge is 2.21. The van der Waals surface area contributed by atoms with Gasteiger partial charge in [0.25, 0.3) is 0 Å². The molecule has 2 aromatic rings. The maximum Gasteiger partial charge on any atom is 0.309 e. The van der Waals surface area contributed by atoms with E-state index in [4.69, 9.17) is 0 Å². The second-order valence-electron chi connectivity index (χ2n) is 7.09. The normalized spacial score (nSPS) is 15.2. The molecule has 1 saturated heterocycles. The Morgan fingerprint density at radius 1 is 0.964 bits per heavy atom. The summed E-state index contributed by atoms with van der Waals surface area (Å²) in [7, 11) is 0. The zero-order valence-electron chi connectivity index (χ0n) is 15.7. The quantitative estimate of drug-likeness (QED) is 0.746. The summed E-state index contributed by atoms with van der Waals surface area (Å²) in [4.78, 5) is 30.3. The first-order chi connectivity index (χ1) is 13.6. The first-order valence-electron chi connectivity index (χ1n) is 9.52. The van der Waals surface area contributed by atoms with Crippen molar-refractivity contribution >= 4 is 11.8 Å². The van der Waals surface area contributed by atoms with Crippen molar-refractivity contribution in [3.05, 3.63) is 65.7 Å². The predicted octanol–water partition coefficient (Wildman–Crippen LogP) is 1.87. The summed E-state index contributed by atoms with van der Waals surface area (Å²) < 4.78 is 12.9. The van der Waals surface area contributed by atoms with Crippen molar-refractivity contribution in [2.24, 2.45) is 5.92 Å². The molecule has 2 heterocycles. The SMILES string of the molecule is O=C(NCc1ccc(F)cc1)C(=O)NCC1CCN(Cc2ccncc2)CC1. The van der Waals surface area contributed by atoms with E-state index in [1.807, 2.05) is 12.1 Å². The van der Waals surface area contributed by atoms with Gasteiger partial charge < -0.3 is 10.6 Å². The standard InChI is InChI=1S/C21H25FN4O2/c22-19-3-1-16(2-4-19)13-24-20(27)21(28)25-14-17-7-11-26(12-8-17)15-18-5-9-23-10-6-18/h1-6,9-10,17H,7-8,11-15H2,(H,24,27)(H,25,28). The van der Waals surface area contributed by atoms with Gasteiger partial charge in [0, 0.05) is 32.0 Å². The molecule has 1 aliphatic heterocycles. The predicted molar refractivity (Wildman–Crippen MR) is 103 cm³/mol. The number of aromatic nitrogens is 1. The molecule has 0 spiro atoms. The number of benzene rings is 1. The molecule has 1 aromatic carbocycles. The molecule has 0 saturated carbocycles. The largest absolute Gasteiger partial charge is 0.348 e. The van der Waals surface area contributed by atoms with Gasteiger partial charge in [0.1, 0.15) is 5.82 Å². The van der Waals surface area contributed by atoms with Crippen LogP contribution in [0.1, 0.15) is 24.0 Å². The van der Waals surface area contributed by atoms with Gasteiger partial charge in [-0.2, -0.15) is 0 Å². The average Bonchev–Trinajstić information content (AvgIpc) is 2.73. The van der Waals surface area contributed by atoms with Crippen LogP contribution in [0, 0.1) is 11.7 Å². The van der Waals surface area contributed by atoms with Crippen LogP contribution < -0.4 is 10.6 Å². The average molecular weight is 384 g/mol. The second-order valence-corrected chi connectivity index (χ2v) is 7.09. The van der Waals surface area contributed by atoms with Crippen LogP contribution in [0.3, 0.4) is 0 Å². The van der Waals surface area contributed by atoms with Gasteiger partial charge in [-0.15, -0.1) is 0 Å². The molecule has 148 valence electrons. The van der Waals surface area contributed by atoms with Crippen LogP contribution >= 0.6 is 0 Å². The highest BCUT2D eigenvalue weighted by molar-refractivity contribution is 6.35. The maximum atomic E-state index is 12.9. The third kappa shape index (κ3) is 6.13. The van der Waals surface area contributed by atoms with E-state index in [0.717, 1.165) is 38.0 Å². The van der Waals surface area contributed by atoms with Gasteiger partial charge in [-0.3, -0.25) is 19.5 Å². The van der Waals surface area contributed by atoms with Gasteiger partial charge in [0.15, 0.2) is 0 Å². The maximum absolute atomic E-state index is 12.9. The summed E-state index contributed by atoms with van der Waals surface area (Å²) in [5.74, 6) is -1.25. The number of nitrogens with one attached hydrogen (secondary N) is 2. The molecule has 6 nitrogen and oxygen atoms in total. The van der Waals surface area contributed by atoms with E-state index in [-0.39, 0.29) is 12.4 Å². The summed E-state index contributed by atoms with van der Waals surface area (Å²) in [5.41, 5.74) is 1.99. The fraction of sp³-hybridized carbons (Fsp3) is 0.381. The van der Waals surface area contributed by atoms with Crippen molar-refractivity contribution in [1.29, 1.82) is 0 Å². The van der Waals surface area contributed by atoms with Crippen LogP contribution in [0.25, 0.3) is 0 Å². The number of rotatable bonds is 6. The minimum atomic E-state index is -0.667. The monoisotopic (exact) mass is 384 g/mol. The van der Waals surface area contributed by atoms with Gasteiger partial charge in [-0.05, 0) is 67.2 Å². The van der Waals surface area contributed by atoms with E-state index in [1.54, 1.807) is 24.5 Å². The summed E-state index contributed by atoms with van der Waals surface area (Å²) in [5, 5.41) is 5.28. The molecule has 3 rings (SSSR count). The third-order valence-electron chi connectivity index (χ3n) is 4.99. The minimum absolute atomic E-state index is 0.194. The number of hydrogen-bond acceptors (Lipinski definition) is 4. The summed E-state index contributed by atoms with van der Waals surface area (Å²) >= 11 is 0. The molecule has 7 heteroatoms. The van der Waals surface area contributed by atoms with Crippen LogP contribution in [-0.2, 0) is 22.7 Å². The zero-order valence-corrected chi connectivity index (χ0v) is 15.7. The number of hydrogen-bond donors (Lipinski definition) is 2. The Bertz CT molecular complexity index is 775. The van der Waals surface area contributed by atoms with Gasteiger partial charge in [-0.1, -0.05) is 12.1 Å². The molecule has 1 aliphatic rings. The highest BCUT2D eigenvalue weighted by Crippen LogP contribution is 2.18. The van der Waals surface area contributed by atoms with E-state index >= 15 is 0 Å². The van der Waals surface area contributed by atoms with Crippen LogP contribution in [0.2, 0.25) is 0 Å². The van der Waals surface area contributed by atoms with E-state index in [9.17, 15) is 14.0 Å². The Balaban J connectivity index is 1.33. The fourth-order valence-corrected chi connectivity index (χ4v) is 3.28. The lowest BCUT2D eigenvalue weighted by atomic mass is 9.96. The topological polar surface area (TPSA) is 74.3 Å². The number of piperidine rings is 1. The fourth-order valence-electron chi connectivity index (χ4n) is 3.28. The number of likely N-dealkylation sites (tertiary alicyclic amines) is 1. The van der Waals surface area contributed by atoms with Crippen molar-refractivity contribution in [2.75, 3.05) is 19.6 Å². The molecular formula is C21H25FN4O2. The molecule has 0 aliphatic carbocycles. The molecule has 0 bridgehead atoms. The zero-order chi connectivity index (χ0) is 19.8. The van der Waals surface area contributed by atoms with Crippen molar-refractivity contribution in [3.63, 3.8) is 0 Å². The summed E-state index contributed by atoms with van der Waals surface area (Å²) in [6, 6.07) is 9.85. The lowest BCUT2D eigenvalue weighted by molar-refractivity contribution is -0.139. The minimum Gasteiger partial charge on any atom is -0.348 e. The third-order valence-corrected chi connectivity index (χ3v) is 4.99. The second kappa shape index (κ2) is 9.94. The first kappa shape index (κ1) is 19.9. The number of carbonyl (C=O) groups excluding carboxylic acids is 2. The van der Waals surface area contributed by atoms with Gasteiger partial charge in [0.05, 0.1) is 0 Å². The van der Waals surface area contributed by atoms with Crippen molar-refractivity contribution in [3.8, 4) is 0 Å². The molecule has 0 unspecified atom stereocenters. The number of nitrogens with zero attached hydrogens (tertiary/aromatic N) is 2. The number of pyridine rings is 1. The van der Waals surface area contributed by atoms with E-state index in [0.29, 0.717) is 12.5 Å². The smallest absolute Gasteiger partial charge is 0.309 e. The lowest BCUT2D eigenvalue weighted by Gasteiger charge is -2.32. The summed E-state index contributed by atoms with van der Waals surface area (Å²) in [6.45, 7) is 3.55. The van der Waals surface area contributed by atoms with E-state index in [2.05, 4.69) is 20.5 Å². The van der Waals surface area contributed by atoms with Gasteiger partial charge in [-0.25, -0.2) is 4.39 Å². The number of amides is 2. The molecular weight excluding hydrogens is 359 g/mol. The van der Waals surface area contributed by atoms with Crippen LogP contribution in [0.4, 0.5) is 4.39 Å². The molecule has 1 fully saturated rings. The molecule has 0 atom stereocenters. The van der Waals surface area contributed by atoms with Crippen molar-refractivity contribution < 1.29 is 14.0 Å². The van der Waals surface area contributed by atoms with Crippen molar-refractivity contribution in [2.45, 2.75) is 25.9 Å². The summed E-state index contributed by atoms with van der Waals surface area (Å²) in [6.07, 6.45) is 5.59. The highest BCUT2D eigenvalue weighted by atomic mass is 19.1. The first-order valence-corrected chi connectivity index (χ1v) is 9.52. The van der Waals surface area contributed by atoms with Gasteiger partial charge >= 0.3 is 11.8 Å². The Kier molecular flexibility index (Phi) is 7.08. The van der Waals surface area contributed by atoms with E-state index < -0.39 is 11.8 Å². The van der Waals surface area contributed by atoms with Crippen LogP contribution in [-0.4, -0.2) is 41.3 Å². The van der Waals surface area contributed by atoms with Crippen LogP contribution in [0.5, 0.6) is 0 Å². The van der Waals surface area contributed by atoms with Gasteiger partial charge in [0.2, 0.25) is 0 Å². The Morgan fingerprint density at radius 2 is 1.61 bits per heavy atom. The Hall–Kier alpha value is -2.80. The molecule has 0 radical (unpaired) electrons. The molecule has 1 aromatic heterocycles. The molecule has 2 amide bonds. The Labute approximate surface area is 164 Å². The number of halogens is 1.